The molecule has 0 aliphatic carbocycles. The van der Waals surface area contributed by atoms with E-state index >= 15 is 0 Å². The fourth-order valence-electron chi connectivity index (χ4n) is 2.99. The molecule has 0 spiro atoms. The van der Waals surface area contributed by atoms with E-state index < -0.39 is 0 Å². The Bertz CT molecular complexity index is 1130. The molecule has 2 aromatic heterocycles. The van der Waals surface area contributed by atoms with E-state index in [0.717, 1.165) is 26.9 Å². The Balaban J connectivity index is 1.68. The topological polar surface area (TPSA) is 80.0 Å². The minimum absolute atomic E-state index is 0.562. The van der Waals surface area contributed by atoms with E-state index in [-0.39, 0.29) is 0 Å². The number of nitrogens with zero attached hydrogens (tertiary/aromatic N) is 4. The molecule has 0 fully saturated rings. The molecule has 0 aliphatic heterocycles. The second-order valence-electron chi connectivity index (χ2n) is 6.19. The number of methoxy groups -OCH3 is 4. The van der Waals surface area contributed by atoms with E-state index in [2.05, 4.69) is 10.2 Å². The van der Waals surface area contributed by atoms with Gasteiger partial charge in [0.1, 0.15) is 16.5 Å². The van der Waals surface area contributed by atoms with Gasteiger partial charge in [-0.3, -0.25) is 0 Å². The Kier molecular flexibility index (Phi) is 5.22. The van der Waals surface area contributed by atoms with Crippen molar-refractivity contribution in [1.82, 2.24) is 19.8 Å². The van der Waals surface area contributed by atoms with Crippen molar-refractivity contribution in [1.29, 1.82) is 0 Å². The molecule has 2 aromatic carbocycles. The summed E-state index contributed by atoms with van der Waals surface area (Å²) in [7, 11) is 6.48. The van der Waals surface area contributed by atoms with Gasteiger partial charge in [-0.05, 0) is 29.8 Å². The van der Waals surface area contributed by atoms with Crippen molar-refractivity contribution in [3.05, 3.63) is 47.8 Å². The fraction of sp³-hybridized carbons (Fsp3) is 0.250. The van der Waals surface area contributed by atoms with Crippen LogP contribution in [0.5, 0.6) is 23.0 Å². The molecule has 0 amide bonds. The van der Waals surface area contributed by atoms with Gasteiger partial charge in [-0.25, -0.2) is 0 Å². The zero-order valence-corrected chi connectivity index (χ0v) is 17.3. The van der Waals surface area contributed by atoms with Gasteiger partial charge in [0.25, 0.3) is 0 Å². The molecule has 0 saturated carbocycles. The quantitative estimate of drug-likeness (QED) is 0.460. The van der Waals surface area contributed by atoms with Crippen LogP contribution in [-0.4, -0.2) is 48.3 Å². The van der Waals surface area contributed by atoms with Crippen molar-refractivity contribution in [2.75, 3.05) is 28.4 Å². The average Bonchev–Trinajstić information content (AvgIpc) is 3.35. The number of fused-ring (bicyclic) bond motifs is 1. The van der Waals surface area contributed by atoms with Crippen molar-refractivity contribution in [2.45, 2.75) is 6.42 Å². The van der Waals surface area contributed by atoms with Gasteiger partial charge in [-0.15, -0.1) is 10.2 Å². The Hall–Kier alpha value is -3.33. The van der Waals surface area contributed by atoms with Crippen molar-refractivity contribution in [3.63, 3.8) is 0 Å². The first-order valence-corrected chi connectivity index (χ1v) is 9.62. The number of hydrogen-bond acceptors (Lipinski definition) is 8. The molecule has 4 rings (SSSR count). The molecule has 29 heavy (non-hydrogen) atoms. The first kappa shape index (κ1) is 19.0. The van der Waals surface area contributed by atoms with Crippen LogP contribution >= 0.6 is 11.3 Å². The van der Waals surface area contributed by atoms with E-state index in [0.29, 0.717) is 29.4 Å². The minimum atomic E-state index is 0.562. The molecule has 4 aromatic rings. The third-order valence-electron chi connectivity index (χ3n) is 4.46. The second kappa shape index (κ2) is 7.96. The van der Waals surface area contributed by atoms with Crippen LogP contribution in [0.25, 0.3) is 15.5 Å². The summed E-state index contributed by atoms with van der Waals surface area (Å²) in [6.07, 6.45) is 0.562. The van der Waals surface area contributed by atoms with Gasteiger partial charge in [0.2, 0.25) is 4.96 Å². The average molecular weight is 412 g/mol. The largest absolute Gasteiger partial charge is 0.497 e. The molecule has 0 radical (unpaired) electrons. The zero-order chi connectivity index (χ0) is 20.4. The third-order valence-corrected chi connectivity index (χ3v) is 5.41. The predicted molar refractivity (Wildman–Crippen MR) is 110 cm³/mol. The molecule has 0 saturated heterocycles. The summed E-state index contributed by atoms with van der Waals surface area (Å²) in [6, 6.07) is 11.4. The van der Waals surface area contributed by atoms with Crippen molar-refractivity contribution in [2.24, 2.45) is 0 Å². The normalized spacial score (nSPS) is 10.9. The summed E-state index contributed by atoms with van der Waals surface area (Å²) in [5, 5.41) is 14.1. The lowest BCUT2D eigenvalue weighted by Gasteiger charge is -2.08. The van der Waals surface area contributed by atoms with E-state index in [4.69, 9.17) is 24.0 Å². The lowest BCUT2D eigenvalue weighted by molar-refractivity contribution is 0.354. The van der Waals surface area contributed by atoms with Gasteiger partial charge in [0, 0.05) is 18.1 Å². The van der Waals surface area contributed by atoms with Gasteiger partial charge < -0.3 is 18.9 Å². The van der Waals surface area contributed by atoms with E-state index in [1.807, 2.05) is 36.4 Å². The Morgan fingerprint density at radius 3 is 2.21 bits per heavy atom. The molecule has 9 heteroatoms. The molecule has 0 N–H and O–H groups in total. The van der Waals surface area contributed by atoms with E-state index in [1.165, 1.54) is 11.3 Å². The van der Waals surface area contributed by atoms with Crippen LogP contribution in [0.15, 0.2) is 36.4 Å². The highest BCUT2D eigenvalue weighted by atomic mass is 32.1. The molecule has 8 nitrogen and oxygen atoms in total. The first-order valence-electron chi connectivity index (χ1n) is 8.80. The number of rotatable bonds is 7. The predicted octanol–water partition coefficient (Wildman–Crippen LogP) is 3.48. The summed E-state index contributed by atoms with van der Waals surface area (Å²) >= 11 is 1.46. The Morgan fingerprint density at radius 1 is 0.828 bits per heavy atom. The summed E-state index contributed by atoms with van der Waals surface area (Å²) in [5.41, 5.74) is 1.92. The summed E-state index contributed by atoms with van der Waals surface area (Å²) in [5.74, 6) is 3.51. The maximum atomic E-state index is 5.38. The standard InChI is InChI=1S/C20H20N4O4S/c1-25-14-9-13(10-15(11-14)26-2)19-23-24-18(21-22-20(24)29-19)8-12-5-6-16(27-3)17(7-12)28-4/h5-7,9-11H,8H2,1-4H3. The Labute approximate surface area is 171 Å². The molecule has 0 bridgehead atoms. The van der Waals surface area contributed by atoms with Crippen molar-refractivity contribution < 1.29 is 18.9 Å². The van der Waals surface area contributed by atoms with E-state index in [9.17, 15) is 0 Å². The second-order valence-corrected chi connectivity index (χ2v) is 7.14. The maximum Gasteiger partial charge on any atom is 0.234 e. The highest BCUT2D eigenvalue weighted by Crippen LogP contribution is 2.33. The van der Waals surface area contributed by atoms with Gasteiger partial charge in [0.05, 0.1) is 28.4 Å². The molecule has 0 atom stereocenters. The molecular formula is C20H20N4O4S. The van der Waals surface area contributed by atoms with Crippen LogP contribution in [0.2, 0.25) is 0 Å². The Morgan fingerprint density at radius 2 is 1.55 bits per heavy atom. The van der Waals surface area contributed by atoms with Crippen molar-refractivity contribution >= 4 is 16.3 Å². The summed E-state index contributed by atoms with van der Waals surface area (Å²) in [6.45, 7) is 0. The van der Waals surface area contributed by atoms with Crippen LogP contribution in [0.3, 0.4) is 0 Å². The monoisotopic (exact) mass is 412 g/mol. The van der Waals surface area contributed by atoms with Gasteiger partial charge in [-0.2, -0.15) is 9.61 Å². The molecular weight excluding hydrogens is 392 g/mol. The smallest absolute Gasteiger partial charge is 0.234 e. The highest BCUT2D eigenvalue weighted by molar-refractivity contribution is 7.19. The van der Waals surface area contributed by atoms with Gasteiger partial charge in [-0.1, -0.05) is 17.4 Å². The van der Waals surface area contributed by atoms with Crippen LogP contribution < -0.4 is 18.9 Å². The SMILES string of the molecule is COc1cc(OC)cc(-c2nn3c(Cc4ccc(OC)c(OC)c4)nnc3s2)c1. The zero-order valence-electron chi connectivity index (χ0n) is 16.5. The third kappa shape index (κ3) is 3.68. The number of ether oxygens (including phenoxy) is 4. The lowest BCUT2D eigenvalue weighted by Crippen LogP contribution is -1.99. The van der Waals surface area contributed by atoms with E-state index in [1.54, 1.807) is 33.0 Å². The minimum Gasteiger partial charge on any atom is -0.497 e. The maximum absolute atomic E-state index is 5.38. The highest BCUT2D eigenvalue weighted by Gasteiger charge is 2.16. The fourth-order valence-corrected chi connectivity index (χ4v) is 3.83. The molecule has 2 heterocycles. The molecule has 0 unspecified atom stereocenters. The molecule has 150 valence electrons. The van der Waals surface area contributed by atoms with Gasteiger partial charge in [0.15, 0.2) is 17.3 Å². The number of hydrogen-bond donors (Lipinski definition) is 0. The van der Waals surface area contributed by atoms with Crippen LogP contribution in [0.1, 0.15) is 11.4 Å². The summed E-state index contributed by atoms with van der Waals surface area (Å²) in [4.78, 5) is 0.720. The number of aromatic nitrogens is 4. The van der Waals surface area contributed by atoms with Crippen molar-refractivity contribution in [3.8, 4) is 33.6 Å². The summed E-state index contributed by atoms with van der Waals surface area (Å²) < 4.78 is 23.2. The lowest BCUT2D eigenvalue weighted by atomic mass is 10.1. The molecule has 0 aliphatic rings. The van der Waals surface area contributed by atoms with Crippen LogP contribution in [-0.2, 0) is 6.42 Å². The number of benzene rings is 2. The van der Waals surface area contributed by atoms with Crippen LogP contribution in [0.4, 0.5) is 0 Å². The van der Waals surface area contributed by atoms with Gasteiger partial charge >= 0.3 is 0 Å². The first-order chi connectivity index (χ1) is 14.1. The van der Waals surface area contributed by atoms with Crippen LogP contribution in [0, 0.1) is 0 Å².